The Morgan fingerprint density at radius 2 is 2.03 bits per heavy atom. The summed E-state index contributed by atoms with van der Waals surface area (Å²) in [4.78, 5) is 19.8. The summed E-state index contributed by atoms with van der Waals surface area (Å²) in [6.45, 7) is 2.56. The average molecular weight is 437 g/mol. The molecule has 1 aromatic carbocycles. The molecule has 1 aliphatic rings. The highest BCUT2D eigenvalue weighted by atomic mass is 32.2. The molecule has 2 atom stereocenters. The summed E-state index contributed by atoms with van der Waals surface area (Å²) in [5.74, 6) is -0.439. The summed E-state index contributed by atoms with van der Waals surface area (Å²) >= 11 is 0. The smallest absolute Gasteiger partial charge is 0.407 e. The van der Waals surface area contributed by atoms with Crippen molar-refractivity contribution in [2.24, 2.45) is 5.14 Å². The first-order valence-corrected chi connectivity index (χ1v) is 11.2. The Morgan fingerprint density at radius 1 is 1.30 bits per heavy atom. The average Bonchev–Trinajstić information content (AvgIpc) is 3.16. The number of sulfonamides is 1. The molecule has 2 aromatic rings. The molecule has 0 saturated heterocycles. The number of halogens is 1. The predicted molar refractivity (Wildman–Crippen MR) is 108 cm³/mol. The Morgan fingerprint density at radius 3 is 2.67 bits per heavy atom. The number of nitrogens with one attached hydrogen (secondary N) is 2. The number of nitrogens with zero attached hydrogens (tertiary/aromatic N) is 2. The number of benzene rings is 1. The molecule has 0 aliphatic heterocycles. The third kappa shape index (κ3) is 5.63. The minimum Gasteiger partial charge on any atom is -0.446 e. The van der Waals surface area contributed by atoms with Crippen molar-refractivity contribution in [3.05, 3.63) is 42.0 Å². The second kappa shape index (κ2) is 9.35. The van der Waals surface area contributed by atoms with Crippen LogP contribution in [0.4, 0.5) is 20.8 Å². The Labute approximate surface area is 174 Å². The Hall–Kier alpha value is -2.79. The van der Waals surface area contributed by atoms with Gasteiger partial charge in [0, 0.05) is 18.9 Å². The van der Waals surface area contributed by atoms with E-state index in [4.69, 9.17) is 9.88 Å². The number of rotatable bonds is 7. The van der Waals surface area contributed by atoms with Gasteiger partial charge in [0.05, 0.1) is 10.6 Å². The number of carbonyl (C=O) groups is 1. The lowest BCUT2D eigenvalue weighted by molar-refractivity contribution is 0.100. The van der Waals surface area contributed by atoms with Gasteiger partial charge in [-0.1, -0.05) is 6.92 Å². The van der Waals surface area contributed by atoms with E-state index in [1.165, 1.54) is 12.1 Å². The molecule has 4 N–H and O–H groups in total. The minimum absolute atomic E-state index is 0.0302. The number of hydrogen-bond acceptors (Lipinski definition) is 7. The van der Waals surface area contributed by atoms with E-state index in [1.807, 2.05) is 6.92 Å². The number of primary sulfonamides is 1. The number of carbonyl (C=O) groups excluding carboxylic acids is 1. The van der Waals surface area contributed by atoms with Crippen LogP contribution in [0, 0.1) is 5.82 Å². The van der Waals surface area contributed by atoms with Crippen LogP contribution in [-0.4, -0.2) is 37.1 Å². The van der Waals surface area contributed by atoms with Gasteiger partial charge in [0.25, 0.3) is 0 Å². The van der Waals surface area contributed by atoms with E-state index in [0.29, 0.717) is 13.0 Å². The van der Waals surface area contributed by atoms with Crippen LogP contribution >= 0.6 is 0 Å². The Kier molecular flexibility index (Phi) is 6.83. The van der Waals surface area contributed by atoms with Gasteiger partial charge in [0.1, 0.15) is 11.9 Å². The third-order valence-electron chi connectivity index (χ3n) is 4.84. The van der Waals surface area contributed by atoms with Crippen LogP contribution in [-0.2, 0) is 14.8 Å². The first-order chi connectivity index (χ1) is 14.3. The molecule has 11 heteroatoms. The molecular formula is C19H24FN5O4S. The van der Waals surface area contributed by atoms with E-state index < -0.39 is 21.9 Å². The number of amides is 1. The minimum atomic E-state index is -3.98. The summed E-state index contributed by atoms with van der Waals surface area (Å²) in [5.41, 5.74) is 0.938. The van der Waals surface area contributed by atoms with E-state index in [2.05, 4.69) is 20.6 Å². The van der Waals surface area contributed by atoms with Crippen molar-refractivity contribution in [1.82, 2.24) is 15.3 Å². The molecule has 0 spiro atoms. The molecule has 0 unspecified atom stereocenters. The molecule has 1 saturated carbocycles. The number of anilines is 2. The van der Waals surface area contributed by atoms with Crippen LogP contribution in [0.1, 0.15) is 44.1 Å². The van der Waals surface area contributed by atoms with Crippen molar-refractivity contribution in [3.63, 3.8) is 0 Å². The highest BCUT2D eigenvalue weighted by Gasteiger charge is 2.29. The number of nitrogens with two attached hydrogens (primary N) is 1. The Balaban J connectivity index is 1.59. The molecular weight excluding hydrogens is 413 g/mol. The van der Waals surface area contributed by atoms with Gasteiger partial charge in [-0.3, -0.25) is 0 Å². The first kappa shape index (κ1) is 21.9. The third-order valence-corrected chi connectivity index (χ3v) is 5.75. The van der Waals surface area contributed by atoms with Crippen LogP contribution in [0.5, 0.6) is 0 Å². The summed E-state index contributed by atoms with van der Waals surface area (Å²) in [5, 5.41) is 10.4. The summed E-state index contributed by atoms with van der Waals surface area (Å²) in [6, 6.07) is 3.29. The zero-order valence-electron chi connectivity index (χ0n) is 16.5. The number of hydrogen-bond donors (Lipinski definition) is 3. The molecule has 1 heterocycles. The lowest BCUT2D eigenvalue weighted by Gasteiger charge is -2.13. The van der Waals surface area contributed by atoms with E-state index in [-0.39, 0.29) is 28.6 Å². The van der Waals surface area contributed by atoms with Crippen molar-refractivity contribution in [3.8, 4) is 0 Å². The normalized spacial score (nSPS) is 18.8. The summed E-state index contributed by atoms with van der Waals surface area (Å²) in [6.07, 6.45) is 5.92. The predicted octanol–water partition coefficient (Wildman–Crippen LogP) is 2.78. The quantitative estimate of drug-likeness (QED) is 0.606. The maximum absolute atomic E-state index is 14.1. The van der Waals surface area contributed by atoms with Gasteiger partial charge < -0.3 is 15.4 Å². The van der Waals surface area contributed by atoms with Gasteiger partial charge >= 0.3 is 6.09 Å². The summed E-state index contributed by atoms with van der Waals surface area (Å²) in [7, 11) is -3.98. The molecule has 1 fully saturated rings. The molecule has 9 nitrogen and oxygen atoms in total. The van der Waals surface area contributed by atoms with Crippen LogP contribution in [0.25, 0.3) is 0 Å². The maximum Gasteiger partial charge on any atom is 0.407 e. The van der Waals surface area contributed by atoms with Crippen molar-refractivity contribution >= 4 is 27.8 Å². The van der Waals surface area contributed by atoms with Gasteiger partial charge in [-0.2, -0.15) is 0 Å². The molecule has 1 aliphatic carbocycles. The van der Waals surface area contributed by atoms with E-state index in [9.17, 15) is 17.6 Å². The van der Waals surface area contributed by atoms with E-state index in [0.717, 1.165) is 30.9 Å². The van der Waals surface area contributed by atoms with Gasteiger partial charge in [0.15, 0.2) is 0 Å². The second-order valence-corrected chi connectivity index (χ2v) is 8.68. The van der Waals surface area contributed by atoms with Crippen molar-refractivity contribution in [1.29, 1.82) is 0 Å². The number of alkyl carbamates (subject to hydrolysis) is 1. The van der Waals surface area contributed by atoms with Crippen LogP contribution < -0.4 is 15.8 Å². The Bertz CT molecular complexity index is 1000. The lowest BCUT2D eigenvalue weighted by Crippen LogP contribution is -2.28. The molecule has 30 heavy (non-hydrogen) atoms. The second-order valence-electron chi connectivity index (χ2n) is 7.12. The van der Waals surface area contributed by atoms with Gasteiger partial charge in [-0.25, -0.2) is 32.7 Å². The van der Waals surface area contributed by atoms with E-state index in [1.54, 1.807) is 12.4 Å². The fraction of sp³-hybridized carbons (Fsp3) is 0.421. The topological polar surface area (TPSA) is 136 Å². The van der Waals surface area contributed by atoms with Gasteiger partial charge in [0.2, 0.25) is 16.0 Å². The van der Waals surface area contributed by atoms with Crippen LogP contribution in [0.15, 0.2) is 35.5 Å². The fourth-order valence-corrected chi connectivity index (χ4v) is 3.80. The molecule has 0 bridgehead atoms. The largest absolute Gasteiger partial charge is 0.446 e. The van der Waals surface area contributed by atoms with Crippen LogP contribution in [0.2, 0.25) is 0 Å². The SMILES string of the molecule is CCCNC(=O)O[C@@H]1CC[C@H](c2cnc(Nc3ccc(S(N)(=O)=O)cc3F)nc2)C1. The maximum atomic E-state index is 14.1. The number of ether oxygens (including phenoxy) is 1. The standard InChI is InChI=1S/C19H24FN5O4S/c1-2-7-22-19(26)29-14-4-3-12(8-14)13-10-23-18(24-11-13)25-17-6-5-15(9-16(17)20)30(21,27)28/h5-6,9-12,14H,2-4,7-8H2,1H3,(H,22,26)(H2,21,27,28)(H,23,24,25)/t12-,14+/m0/s1. The van der Waals surface area contributed by atoms with Crippen molar-refractivity contribution < 1.29 is 22.3 Å². The van der Waals surface area contributed by atoms with Gasteiger partial charge in [-0.15, -0.1) is 0 Å². The van der Waals surface area contributed by atoms with Gasteiger partial charge in [-0.05, 0) is 55.4 Å². The highest BCUT2D eigenvalue weighted by molar-refractivity contribution is 7.89. The fourth-order valence-electron chi connectivity index (χ4n) is 3.28. The molecule has 0 radical (unpaired) electrons. The zero-order valence-corrected chi connectivity index (χ0v) is 17.3. The highest BCUT2D eigenvalue weighted by Crippen LogP contribution is 2.35. The lowest BCUT2D eigenvalue weighted by atomic mass is 10.0. The first-order valence-electron chi connectivity index (χ1n) is 9.62. The zero-order chi connectivity index (χ0) is 21.7. The number of aromatic nitrogens is 2. The summed E-state index contributed by atoms with van der Waals surface area (Å²) < 4.78 is 42.1. The van der Waals surface area contributed by atoms with Crippen LogP contribution in [0.3, 0.4) is 0 Å². The van der Waals surface area contributed by atoms with E-state index >= 15 is 0 Å². The molecule has 1 amide bonds. The monoisotopic (exact) mass is 437 g/mol. The van der Waals surface area contributed by atoms with Crippen molar-refractivity contribution in [2.75, 3.05) is 11.9 Å². The molecule has 3 rings (SSSR count). The molecule has 162 valence electrons. The molecule has 1 aromatic heterocycles. The van der Waals surface area contributed by atoms with Crippen molar-refractivity contribution in [2.45, 2.75) is 49.5 Å².